The average Bonchev–Trinajstić information content (AvgIpc) is 2.29. The van der Waals surface area contributed by atoms with E-state index < -0.39 is 0 Å². The molecule has 12 heavy (non-hydrogen) atoms. The largest absolute Gasteiger partial charge is 0.291 e. The molecule has 2 N–H and O–H groups in total. The zero-order valence-electron chi connectivity index (χ0n) is 7.16. The van der Waals surface area contributed by atoms with Gasteiger partial charge in [0.1, 0.15) is 5.69 Å². The van der Waals surface area contributed by atoms with E-state index in [4.69, 9.17) is 5.73 Å². The molecule has 0 amide bonds. The van der Waals surface area contributed by atoms with Crippen LogP contribution in [0.5, 0.6) is 0 Å². The van der Waals surface area contributed by atoms with Gasteiger partial charge in [0.2, 0.25) is 0 Å². The summed E-state index contributed by atoms with van der Waals surface area (Å²) in [5, 5.41) is 0. The summed E-state index contributed by atoms with van der Waals surface area (Å²) < 4.78 is 2.08. The molecule has 62 valence electrons. The van der Waals surface area contributed by atoms with Gasteiger partial charge in [0, 0.05) is 0 Å². The zero-order valence-corrected chi connectivity index (χ0v) is 7.98. The van der Waals surface area contributed by atoms with E-state index in [0.717, 1.165) is 5.82 Å². The van der Waals surface area contributed by atoms with Gasteiger partial charge in [-0.2, -0.15) is 4.40 Å². The Morgan fingerprint density at radius 2 is 2.08 bits per heavy atom. The second kappa shape index (κ2) is 2.45. The highest BCUT2D eigenvalue weighted by Crippen LogP contribution is 2.18. The summed E-state index contributed by atoms with van der Waals surface area (Å²) >= 11 is 1.73. The Balaban J connectivity index is 2.97. The lowest BCUT2D eigenvalue weighted by Gasteiger charge is -1.92. The Kier molecular flexibility index (Phi) is 1.54. The van der Waals surface area contributed by atoms with Crippen molar-refractivity contribution in [3.8, 4) is 0 Å². The molecule has 0 radical (unpaired) electrons. The molecule has 0 aliphatic carbocycles. The van der Waals surface area contributed by atoms with Crippen LogP contribution in [0.25, 0.3) is 4.83 Å². The van der Waals surface area contributed by atoms with E-state index in [9.17, 15) is 0 Å². The van der Waals surface area contributed by atoms with E-state index in [1.54, 1.807) is 11.3 Å². The first-order valence-electron chi connectivity index (χ1n) is 3.86. The van der Waals surface area contributed by atoms with Crippen molar-refractivity contribution in [2.45, 2.75) is 13.8 Å². The number of aromatic nitrogens is 1. The Bertz CT molecular complexity index is 431. The summed E-state index contributed by atoms with van der Waals surface area (Å²) in [4.78, 5) is 2.40. The molecule has 0 aliphatic heterocycles. The topological polar surface area (TPSA) is 30.1 Å². The number of fused-ring (bicyclic) bond motifs is 1. The first-order valence-corrected chi connectivity index (χ1v) is 4.68. The van der Waals surface area contributed by atoms with E-state index in [-0.39, 0.29) is 0 Å². The van der Waals surface area contributed by atoms with Crippen molar-refractivity contribution in [2.75, 3.05) is 5.73 Å². The highest BCUT2D eigenvalue weighted by molar-refractivity contribution is 7.17. The van der Waals surface area contributed by atoms with Gasteiger partial charge in [-0.25, -0.2) is 0 Å². The van der Waals surface area contributed by atoms with Crippen molar-refractivity contribution < 1.29 is 4.40 Å². The second-order valence-electron chi connectivity index (χ2n) is 2.88. The maximum absolute atomic E-state index is 5.91. The van der Waals surface area contributed by atoms with Crippen LogP contribution < -0.4 is 10.1 Å². The highest BCUT2D eigenvalue weighted by Gasteiger charge is 2.12. The second-order valence-corrected chi connectivity index (χ2v) is 4.12. The average molecular weight is 179 g/mol. The summed E-state index contributed by atoms with van der Waals surface area (Å²) in [6.07, 6.45) is 0. The number of hydrogen-bond donors (Lipinski definition) is 1. The minimum Gasteiger partial charge on any atom is -0.286 e. The number of nitrogen functional groups attached to an aromatic ring is 1. The molecule has 0 saturated heterocycles. The zero-order chi connectivity index (χ0) is 8.72. The fraction of sp³-hybridized carbons (Fsp3) is 0.222. The molecule has 2 heterocycles. The number of nitrogens with two attached hydrogens (primary N) is 1. The van der Waals surface area contributed by atoms with Gasteiger partial charge in [-0.1, -0.05) is 17.4 Å². The van der Waals surface area contributed by atoms with Gasteiger partial charge >= 0.3 is 0 Å². The van der Waals surface area contributed by atoms with Crippen LogP contribution in [-0.2, 0) is 0 Å². The number of aryl methyl sites for hydroxylation is 2. The van der Waals surface area contributed by atoms with Crippen LogP contribution in [0, 0.1) is 13.8 Å². The van der Waals surface area contributed by atoms with Gasteiger partial charge in [0.25, 0.3) is 5.82 Å². The standard InChI is InChI=1S/C9H11N2S/c1-6-4-3-5-8-11(6)9(10)7(2)12-8/h3-5H,10H2,1-2H3/q+1. The number of hydrogen-bond acceptors (Lipinski definition) is 2. The predicted molar refractivity (Wildman–Crippen MR) is 51.4 cm³/mol. The number of rotatable bonds is 0. The van der Waals surface area contributed by atoms with Crippen LogP contribution in [0.2, 0.25) is 0 Å². The van der Waals surface area contributed by atoms with E-state index >= 15 is 0 Å². The SMILES string of the molecule is Cc1sc2cccc(C)[n+]2c1N. The van der Waals surface area contributed by atoms with Crippen molar-refractivity contribution >= 4 is 22.0 Å². The molecule has 0 spiro atoms. The Morgan fingerprint density at radius 1 is 1.33 bits per heavy atom. The monoisotopic (exact) mass is 179 g/mol. The third kappa shape index (κ3) is 0.898. The number of thiazole rings is 1. The molecule has 2 aromatic heterocycles. The van der Waals surface area contributed by atoms with Crippen LogP contribution >= 0.6 is 11.3 Å². The van der Waals surface area contributed by atoms with Gasteiger partial charge in [0.15, 0.2) is 4.83 Å². The molecule has 0 unspecified atom stereocenters. The van der Waals surface area contributed by atoms with Crippen molar-refractivity contribution in [1.29, 1.82) is 0 Å². The predicted octanol–water partition coefficient (Wildman–Crippen LogP) is 1.69. The molecule has 0 fully saturated rings. The minimum atomic E-state index is 0.869. The van der Waals surface area contributed by atoms with E-state index in [1.807, 2.05) is 6.92 Å². The number of anilines is 1. The van der Waals surface area contributed by atoms with E-state index in [2.05, 4.69) is 29.5 Å². The molecule has 0 aromatic carbocycles. The van der Waals surface area contributed by atoms with Crippen molar-refractivity contribution in [1.82, 2.24) is 0 Å². The Morgan fingerprint density at radius 3 is 2.75 bits per heavy atom. The molecule has 2 rings (SSSR count). The normalized spacial score (nSPS) is 10.8. The van der Waals surface area contributed by atoms with E-state index in [1.165, 1.54) is 15.4 Å². The molecule has 0 atom stereocenters. The molecular weight excluding hydrogens is 168 g/mol. The lowest BCUT2D eigenvalue weighted by Crippen LogP contribution is -2.26. The van der Waals surface area contributed by atoms with Gasteiger partial charge < -0.3 is 0 Å². The summed E-state index contributed by atoms with van der Waals surface area (Å²) in [5.41, 5.74) is 7.10. The van der Waals surface area contributed by atoms with Gasteiger partial charge in [-0.3, -0.25) is 5.73 Å². The first-order chi connectivity index (χ1) is 5.70. The van der Waals surface area contributed by atoms with Crippen LogP contribution in [-0.4, -0.2) is 0 Å². The summed E-state index contributed by atoms with van der Waals surface area (Å²) in [5.74, 6) is 0.869. The van der Waals surface area contributed by atoms with Gasteiger partial charge in [-0.15, -0.1) is 0 Å². The van der Waals surface area contributed by atoms with Crippen molar-refractivity contribution in [2.24, 2.45) is 0 Å². The lowest BCUT2D eigenvalue weighted by molar-refractivity contribution is -0.499. The molecule has 0 bridgehead atoms. The molecule has 0 aliphatic rings. The number of pyridine rings is 1. The summed E-state index contributed by atoms with van der Waals surface area (Å²) in [6, 6.07) is 6.20. The van der Waals surface area contributed by atoms with Crippen LogP contribution in [0.4, 0.5) is 5.82 Å². The smallest absolute Gasteiger partial charge is 0.286 e. The third-order valence-corrected chi connectivity index (χ3v) is 3.05. The van der Waals surface area contributed by atoms with Crippen LogP contribution in [0.15, 0.2) is 18.2 Å². The third-order valence-electron chi connectivity index (χ3n) is 2.01. The summed E-state index contributed by atoms with van der Waals surface area (Å²) in [6.45, 7) is 4.11. The Hall–Kier alpha value is -1.09. The highest BCUT2D eigenvalue weighted by atomic mass is 32.1. The minimum absolute atomic E-state index is 0.869. The molecule has 2 nitrogen and oxygen atoms in total. The van der Waals surface area contributed by atoms with Gasteiger partial charge in [-0.05, 0) is 26.0 Å². The van der Waals surface area contributed by atoms with Crippen LogP contribution in [0.1, 0.15) is 10.6 Å². The first kappa shape index (κ1) is 7.55. The Labute approximate surface area is 75.3 Å². The van der Waals surface area contributed by atoms with E-state index in [0.29, 0.717) is 0 Å². The fourth-order valence-corrected chi connectivity index (χ4v) is 2.34. The molecule has 0 saturated carbocycles. The lowest BCUT2D eigenvalue weighted by atomic mass is 10.4. The van der Waals surface area contributed by atoms with Gasteiger partial charge in [0.05, 0.1) is 4.88 Å². The fourth-order valence-electron chi connectivity index (χ4n) is 1.35. The molecule has 3 heteroatoms. The molecule has 2 aromatic rings. The quantitative estimate of drug-likeness (QED) is 0.613. The van der Waals surface area contributed by atoms with Crippen molar-refractivity contribution in [3.05, 3.63) is 28.8 Å². The summed E-state index contributed by atoms with van der Waals surface area (Å²) in [7, 11) is 0. The van der Waals surface area contributed by atoms with Crippen molar-refractivity contribution in [3.63, 3.8) is 0 Å². The molecular formula is C9H11N2S+. The van der Waals surface area contributed by atoms with Crippen LogP contribution in [0.3, 0.4) is 0 Å². The maximum Gasteiger partial charge on any atom is 0.291 e. The maximum atomic E-state index is 5.91. The number of nitrogens with zero attached hydrogens (tertiary/aromatic N) is 1.